The van der Waals surface area contributed by atoms with Crippen molar-refractivity contribution in [1.82, 2.24) is 0 Å². The summed E-state index contributed by atoms with van der Waals surface area (Å²) >= 11 is 0. The standard InChI is InChI=1S/C21H27NO6/c1-24-10-11-28-17-7-5-6-16(14-17)22-20(23)9-8-15-12-18(25-2)21(27-4)19(13-15)26-3/h5-7,12-14H,8-11H2,1-4H3,(H,22,23). The second-order valence-corrected chi connectivity index (χ2v) is 5.95. The molecular weight excluding hydrogens is 362 g/mol. The van der Waals surface area contributed by atoms with E-state index in [1.165, 1.54) is 0 Å². The molecule has 0 fully saturated rings. The molecule has 0 saturated heterocycles. The number of rotatable bonds is 11. The molecule has 2 rings (SSSR count). The fourth-order valence-corrected chi connectivity index (χ4v) is 2.67. The number of carbonyl (C=O) groups is 1. The molecule has 0 heterocycles. The van der Waals surface area contributed by atoms with Crippen molar-refractivity contribution < 1.29 is 28.5 Å². The molecule has 1 amide bonds. The number of carbonyl (C=O) groups excluding carboxylic acids is 1. The SMILES string of the molecule is COCCOc1cccc(NC(=O)CCc2cc(OC)c(OC)c(OC)c2)c1. The molecule has 0 aliphatic heterocycles. The maximum atomic E-state index is 12.3. The van der Waals surface area contributed by atoms with Gasteiger partial charge in [0.15, 0.2) is 11.5 Å². The van der Waals surface area contributed by atoms with Gasteiger partial charge in [-0.3, -0.25) is 4.79 Å². The van der Waals surface area contributed by atoms with Crippen molar-refractivity contribution in [3.05, 3.63) is 42.0 Å². The van der Waals surface area contributed by atoms with E-state index in [4.69, 9.17) is 23.7 Å². The molecule has 0 aliphatic carbocycles. The van der Waals surface area contributed by atoms with E-state index in [9.17, 15) is 4.79 Å². The average Bonchev–Trinajstić information content (AvgIpc) is 2.71. The first-order chi connectivity index (χ1) is 13.6. The summed E-state index contributed by atoms with van der Waals surface area (Å²) in [6.07, 6.45) is 0.847. The van der Waals surface area contributed by atoms with Crippen LogP contribution in [0.25, 0.3) is 0 Å². The Labute approximate surface area is 165 Å². The third kappa shape index (κ3) is 6.06. The van der Waals surface area contributed by atoms with Gasteiger partial charge < -0.3 is 29.0 Å². The molecule has 0 unspecified atom stereocenters. The van der Waals surface area contributed by atoms with E-state index >= 15 is 0 Å². The molecule has 0 spiro atoms. The van der Waals surface area contributed by atoms with Crippen LogP contribution in [-0.4, -0.2) is 47.6 Å². The minimum absolute atomic E-state index is 0.0946. The predicted molar refractivity (Wildman–Crippen MR) is 107 cm³/mol. The van der Waals surface area contributed by atoms with Gasteiger partial charge in [-0.05, 0) is 36.2 Å². The topological polar surface area (TPSA) is 75.3 Å². The molecule has 152 valence electrons. The fraction of sp³-hybridized carbons (Fsp3) is 0.381. The monoisotopic (exact) mass is 389 g/mol. The lowest BCUT2D eigenvalue weighted by Gasteiger charge is -2.14. The molecule has 1 N–H and O–H groups in total. The van der Waals surface area contributed by atoms with Crippen LogP contribution in [0, 0.1) is 0 Å². The van der Waals surface area contributed by atoms with Crippen molar-refractivity contribution in [2.75, 3.05) is 47.0 Å². The molecule has 2 aromatic carbocycles. The fourth-order valence-electron chi connectivity index (χ4n) is 2.67. The van der Waals surface area contributed by atoms with Crippen molar-refractivity contribution in [2.24, 2.45) is 0 Å². The van der Waals surface area contributed by atoms with Gasteiger partial charge in [0.1, 0.15) is 12.4 Å². The highest BCUT2D eigenvalue weighted by molar-refractivity contribution is 5.91. The highest BCUT2D eigenvalue weighted by atomic mass is 16.5. The summed E-state index contributed by atoms with van der Waals surface area (Å²) in [5.74, 6) is 2.25. The zero-order valence-corrected chi connectivity index (χ0v) is 16.7. The van der Waals surface area contributed by atoms with Gasteiger partial charge >= 0.3 is 0 Å². The van der Waals surface area contributed by atoms with E-state index in [1.807, 2.05) is 30.3 Å². The number of hydrogen-bond donors (Lipinski definition) is 1. The number of benzene rings is 2. The summed E-state index contributed by atoms with van der Waals surface area (Å²) in [6.45, 7) is 0.959. The van der Waals surface area contributed by atoms with Crippen molar-refractivity contribution in [3.8, 4) is 23.0 Å². The molecule has 28 heavy (non-hydrogen) atoms. The Morgan fingerprint density at radius 1 is 0.929 bits per heavy atom. The zero-order chi connectivity index (χ0) is 20.4. The Balaban J connectivity index is 1.96. The summed E-state index contributed by atoms with van der Waals surface area (Å²) in [4.78, 5) is 12.3. The maximum Gasteiger partial charge on any atom is 0.224 e. The van der Waals surface area contributed by atoms with Crippen LogP contribution >= 0.6 is 0 Å². The first-order valence-corrected chi connectivity index (χ1v) is 8.91. The van der Waals surface area contributed by atoms with Crippen molar-refractivity contribution in [1.29, 1.82) is 0 Å². The van der Waals surface area contributed by atoms with E-state index in [2.05, 4.69) is 5.32 Å². The molecule has 0 aromatic heterocycles. The summed E-state index contributed by atoms with van der Waals surface area (Å²) < 4.78 is 26.5. The van der Waals surface area contributed by atoms with Crippen LogP contribution in [0.15, 0.2) is 36.4 Å². The number of nitrogens with one attached hydrogen (secondary N) is 1. The van der Waals surface area contributed by atoms with E-state index < -0.39 is 0 Å². The van der Waals surface area contributed by atoms with Gasteiger partial charge in [0.2, 0.25) is 11.7 Å². The summed E-state index contributed by atoms with van der Waals surface area (Å²) in [7, 11) is 6.31. The van der Waals surface area contributed by atoms with Crippen LogP contribution in [0.4, 0.5) is 5.69 Å². The molecule has 0 bridgehead atoms. The van der Waals surface area contributed by atoms with Crippen molar-refractivity contribution in [2.45, 2.75) is 12.8 Å². The third-order valence-electron chi connectivity index (χ3n) is 4.04. The molecule has 0 atom stereocenters. The number of methoxy groups -OCH3 is 4. The quantitative estimate of drug-likeness (QED) is 0.595. The first kappa shape index (κ1) is 21.4. The number of hydrogen-bond acceptors (Lipinski definition) is 6. The number of aryl methyl sites for hydroxylation is 1. The zero-order valence-electron chi connectivity index (χ0n) is 16.7. The van der Waals surface area contributed by atoms with Crippen molar-refractivity contribution >= 4 is 11.6 Å². The second kappa shape index (κ2) is 11.0. The number of amides is 1. The lowest BCUT2D eigenvalue weighted by molar-refractivity contribution is -0.116. The van der Waals surface area contributed by atoms with Gasteiger partial charge in [0.25, 0.3) is 0 Å². The maximum absolute atomic E-state index is 12.3. The van der Waals surface area contributed by atoms with E-state index in [0.29, 0.717) is 54.7 Å². The molecule has 2 aromatic rings. The summed E-state index contributed by atoms with van der Waals surface area (Å²) in [5.41, 5.74) is 1.60. The number of anilines is 1. The van der Waals surface area contributed by atoms with Gasteiger partial charge in [0.05, 0.1) is 27.9 Å². The molecule has 7 nitrogen and oxygen atoms in total. The third-order valence-corrected chi connectivity index (χ3v) is 4.04. The van der Waals surface area contributed by atoms with Crippen molar-refractivity contribution in [3.63, 3.8) is 0 Å². The van der Waals surface area contributed by atoms with Gasteiger partial charge in [-0.25, -0.2) is 0 Å². The van der Waals surface area contributed by atoms with E-state index in [0.717, 1.165) is 5.56 Å². The largest absolute Gasteiger partial charge is 0.493 e. The highest BCUT2D eigenvalue weighted by Gasteiger charge is 2.14. The van der Waals surface area contributed by atoms with Gasteiger partial charge in [-0.2, -0.15) is 0 Å². The van der Waals surface area contributed by atoms with Gasteiger partial charge in [-0.15, -0.1) is 0 Å². The number of ether oxygens (including phenoxy) is 5. The summed E-state index contributed by atoms with van der Waals surface area (Å²) in [5, 5.41) is 2.89. The normalized spacial score (nSPS) is 10.3. The Bertz CT molecular complexity index is 752. The molecule has 0 aliphatic rings. The Morgan fingerprint density at radius 3 is 2.25 bits per heavy atom. The predicted octanol–water partition coefficient (Wildman–Crippen LogP) is 3.31. The van der Waals surface area contributed by atoms with Crippen LogP contribution in [0.5, 0.6) is 23.0 Å². The first-order valence-electron chi connectivity index (χ1n) is 8.91. The Morgan fingerprint density at radius 2 is 1.64 bits per heavy atom. The minimum atomic E-state index is -0.0946. The van der Waals surface area contributed by atoms with Gasteiger partial charge in [0, 0.05) is 25.3 Å². The Hall–Kier alpha value is -2.93. The Kier molecular flexibility index (Phi) is 8.42. The molecular formula is C21H27NO6. The minimum Gasteiger partial charge on any atom is -0.493 e. The van der Waals surface area contributed by atoms with Crippen LogP contribution in [0.2, 0.25) is 0 Å². The molecule has 7 heteroatoms. The average molecular weight is 389 g/mol. The molecule has 0 saturated carbocycles. The van der Waals surface area contributed by atoms with Crippen LogP contribution in [0.1, 0.15) is 12.0 Å². The molecule has 0 radical (unpaired) electrons. The van der Waals surface area contributed by atoms with Crippen LogP contribution in [-0.2, 0) is 16.0 Å². The highest BCUT2D eigenvalue weighted by Crippen LogP contribution is 2.38. The van der Waals surface area contributed by atoms with Crippen LogP contribution in [0.3, 0.4) is 0 Å². The van der Waals surface area contributed by atoms with Gasteiger partial charge in [-0.1, -0.05) is 6.07 Å². The second-order valence-electron chi connectivity index (χ2n) is 5.95. The lowest BCUT2D eigenvalue weighted by atomic mass is 10.1. The lowest BCUT2D eigenvalue weighted by Crippen LogP contribution is -2.12. The van der Waals surface area contributed by atoms with E-state index in [1.54, 1.807) is 34.5 Å². The summed E-state index contributed by atoms with van der Waals surface area (Å²) in [6, 6.07) is 11.0. The van der Waals surface area contributed by atoms with E-state index in [-0.39, 0.29) is 5.91 Å². The van der Waals surface area contributed by atoms with Crippen LogP contribution < -0.4 is 24.3 Å². The smallest absolute Gasteiger partial charge is 0.224 e.